The van der Waals surface area contributed by atoms with Gasteiger partial charge >= 0.3 is 0 Å². The van der Waals surface area contributed by atoms with E-state index in [1.165, 1.54) is 122 Å². The molecule has 0 heterocycles. The van der Waals surface area contributed by atoms with Crippen molar-refractivity contribution in [3.63, 3.8) is 0 Å². The number of hydrogen-bond acceptors (Lipinski definition) is 2. The van der Waals surface area contributed by atoms with E-state index in [-0.39, 0.29) is 0 Å². The lowest BCUT2D eigenvalue weighted by Gasteiger charge is -2.05. The van der Waals surface area contributed by atoms with Gasteiger partial charge in [0.25, 0.3) is 0 Å². The molecule has 27 heavy (non-hydrogen) atoms. The van der Waals surface area contributed by atoms with Gasteiger partial charge in [0.1, 0.15) is 6.61 Å². The van der Waals surface area contributed by atoms with Gasteiger partial charge in [-0.25, -0.2) is 0 Å². The minimum absolute atomic E-state index is 0.554. The van der Waals surface area contributed by atoms with Crippen molar-refractivity contribution in [1.29, 1.82) is 0 Å². The maximum absolute atomic E-state index is 5.34. The van der Waals surface area contributed by atoms with E-state index in [0.717, 1.165) is 11.5 Å². The standard InChI is InChI=1S/C25H48OS/c1-3-5-6-7-8-9-10-11-12-13-14-15-16-17-18-19-20-21-22-23-25(27)26-24-4-2/h4H,2-3,5-24H2,1H3. The zero-order valence-corrected chi connectivity index (χ0v) is 19.3. The van der Waals surface area contributed by atoms with Crippen LogP contribution in [0.2, 0.25) is 0 Å². The van der Waals surface area contributed by atoms with Crippen LogP contribution in [0, 0.1) is 0 Å². The summed E-state index contributed by atoms with van der Waals surface area (Å²) in [6.45, 7) is 6.48. The molecule has 0 aromatic carbocycles. The third kappa shape index (κ3) is 23.6. The van der Waals surface area contributed by atoms with Crippen molar-refractivity contribution in [3.8, 4) is 0 Å². The molecule has 0 aliphatic carbocycles. The number of ether oxygens (including phenoxy) is 1. The predicted molar refractivity (Wildman–Crippen MR) is 127 cm³/mol. The largest absolute Gasteiger partial charge is 0.483 e. The second-order valence-electron chi connectivity index (χ2n) is 8.09. The molecule has 0 aliphatic rings. The first-order valence-electron chi connectivity index (χ1n) is 12.1. The first-order valence-corrected chi connectivity index (χ1v) is 12.5. The van der Waals surface area contributed by atoms with Crippen LogP contribution in [-0.2, 0) is 4.74 Å². The molecular weight excluding hydrogens is 348 g/mol. The van der Waals surface area contributed by atoms with Crippen molar-refractivity contribution >= 4 is 17.3 Å². The molecular formula is C25H48OS. The molecule has 160 valence electrons. The molecule has 0 aromatic heterocycles. The fourth-order valence-corrected chi connectivity index (χ4v) is 3.78. The van der Waals surface area contributed by atoms with Crippen LogP contribution in [-0.4, -0.2) is 11.7 Å². The third-order valence-corrected chi connectivity index (χ3v) is 5.67. The van der Waals surface area contributed by atoms with Gasteiger partial charge in [0.05, 0.1) is 0 Å². The second kappa shape index (κ2) is 23.7. The third-order valence-electron chi connectivity index (χ3n) is 5.35. The SMILES string of the molecule is C=CCOC(=S)CCCCCCCCCCCCCCCCCCCCC. The van der Waals surface area contributed by atoms with Crippen LogP contribution in [0.5, 0.6) is 0 Å². The number of hydrogen-bond donors (Lipinski definition) is 0. The maximum atomic E-state index is 5.34. The molecule has 0 aromatic rings. The minimum atomic E-state index is 0.554. The fourth-order valence-electron chi connectivity index (χ4n) is 3.57. The van der Waals surface area contributed by atoms with E-state index in [1.807, 2.05) is 0 Å². The lowest BCUT2D eigenvalue weighted by Crippen LogP contribution is -2.01. The Bertz CT molecular complexity index is 313. The molecule has 0 amide bonds. The first kappa shape index (κ1) is 26.6. The monoisotopic (exact) mass is 396 g/mol. The van der Waals surface area contributed by atoms with E-state index in [0.29, 0.717) is 6.61 Å². The summed E-state index contributed by atoms with van der Waals surface area (Å²) >= 11 is 5.17. The number of rotatable bonds is 22. The second-order valence-corrected chi connectivity index (χ2v) is 8.54. The van der Waals surface area contributed by atoms with Crippen LogP contribution >= 0.6 is 12.2 Å². The van der Waals surface area contributed by atoms with Gasteiger partial charge in [0.2, 0.25) is 0 Å². The maximum Gasteiger partial charge on any atom is 0.160 e. The van der Waals surface area contributed by atoms with Crippen molar-refractivity contribution in [1.82, 2.24) is 0 Å². The molecule has 0 fully saturated rings. The lowest BCUT2D eigenvalue weighted by atomic mass is 10.0. The van der Waals surface area contributed by atoms with E-state index in [4.69, 9.17) is 17.0 Å². The molecule has 0 radical (unpaired) electrons. The Morgan fingerprint density at radius 1 is 0.630 bits per heavy atom. The molecule has 1 nitrogen and oxygen atoms in total. The molecule has 2 heteroatoms. The molecule has 0 bridgehead atoms. The van der Waals surface area contributed by atoms with Crippen molar-refractivity contribution < 1.29 is 4.74 Å². The van der Waals surface area contributed by atoms with Crippen LogP contribution in [0.3, 0.4) is 0 Å². The van der Waals surface area contributed by atoms with Gasteiger partial charge in [-0.15, -0.1) is 0 Å². The van der Waals surface area contributed by atoms with Gasteiger partial charge in [-0.2, -0.15) is 0 Å². The smallest absolute Gasteiger partial charge is 0.160 e. The highest BCUT2D eigenvalue weighted by atomic mass is 32.1. The highest BCUT2D eigenvalue weighted by Crippen LogP contribution is 2.14. The van der Waals surface area contributed by atoms with Crippen molar-refractivity contribution in [2.24, 2.45) is 0 Å². The highest BCUT2D eigenvalue weighted by Gasteiger charge is 1.98. The van der Waals surface area contributed by atoms with E-state index in [2.05, 4.69) is 13.5 Å². The Kier molecular flexibility index (Phi) is 23.3. The molecule has 0 N–H and O–H groups in total. The predicted octanol–water partition coefficient (Wildman–Crippen LogP) is 9.34. The summed E-state index contributed by atoms with van der Waals surface area (Å²) in [6, 6.07) is 0. The summed E-state index contributed by atoms with van der Waals surface area (Å²) in [4.78, 5) is 0. The van der Waals surface area contributed by atoms with Crippen LogP contribution in [0.1, 0.15) is 135 Å². The summed E-state index contributed by atoms with van der Waals surface area (Å²) in [6.07, 6.45) is 29.6. The first-order chi connectivity index (χ1) is 13.3. The Morgan fingerprint density at radius 3 is 1.30 bits per heavy atom. The summed E-state index contributed by atoms with van der Waals surface area (Å²) < 4.78 is 5.34. The Hall–Kier alpha value is -0.370. The molecule has 0 rings (SSSR count). The van der Waals surface area contributed by atoms with Crippen molar-refractivity contribution in [2.45, 2.75) is 135 Å². The van der Waals surface area contributed by atoms with Gasteiger partial charge in [0.15, 0.2) is 5.05 Å². The Morgan fingerprint density at radius 2 is 0.963 bits per heavy atom. The van der Waals surface area contributed by atoms with Gasteiger partial charge in [-0.05, 0) is 18.6 Å². The zero-order valence-electron chi connectivity index (χ0n) is 18.5. The van der Waals surface area contributed by atoms with Crippen LogP contribution in [0.25, 0.3) is 0 Å². The number of thiocarbonyl (C=S) groups is 1. The normalized spacial score (nSPS) is 10.9. The fraction of sp³-hybridized carbons (Fsp3) is 0.880. The van der Waals surface area contributed by atoms with Crippen molar-refractivity contribution in [3.05, 3.63) is 12.7 Å². The van der Waals surface area contributed by atoms with Gasteiger partial charge in [-0.1, -0.05) is 135 Å². The van der Waals surface area contributed by atoms with E-state index >= 15 is 0 Å². The molecule has 0 atom stereocenters. The van der Waals surface area contributed by atoms with Gasteiger partial charge in [-0.3, -0.25) is 0 Å². The average Bonchev–Trinajstić information content (AvgIpc) is 2.68. The summed E-state index contributed by atoms with van der Waals surface area (Å²) in [5.74, 6) is 0. The zero-order chi connectivity index (χ0) is 19.8. The lowest BCUT2D eigenvalue weighted by molar-refractivity contribution is 0.348. The Balaban J connectivity index is 3.05. The summed E-state index contributed by atoms with van der Waals surface area (Å²) in [5, 5.41) is 0.752. The average molecular weight is 397 g/mol. The van der Waals surface area contributed by atoms with Crippen molar-refractivity contribution in [2.75, 3.05) is 6.61 Å². The van der Waals surface area contributed by atoms with Crippen LogP contribution in [0.15, 0.2) is 12.7 Å². The summed E-state index contributed by atoms with van der Waals surface area (Å²) in [5.41, 5.74) is 0. The molecule has 0 spiro atoms. The number of unbranched alkanes of at least 4 members (excludes halogenated alkanes) is 18. The topological polar surface area (TPSA) is 9.23 Å². The van der Waals surface area contributed by atoms with E-state index < -0.39 is 0 Å². The van der Waals surface area contributed by atoms with Crippen LogP contribution in [0.4, 0.5) is 0 Å². The Labute approximate surface area is 176 Å². The summed E-state index contributed by atoms with van der Waals surface area (Å²) in [7, 11) is 0. The quantitative estimate of drug-likeness (QED) is 0.102. The molecule has 0 aliphatic heterocycles. The molecule has 0 unspecified atom stereocenters. The highest BCUT2D eigenvalue weighted by molar-refractivity contribution is 7.80. The minimum Gasteiger partial charge on any atom is -0.483 e. The van der Waals surface area contributed by atoms with E-state index in [9.17, 15) is 0 Å². The van der Waals surface area contributed by atoms with Gasteiger partial charge in [0, 0.05) is 6.42 Å². The van der Waals surface area contributed by atoms with Gasteiger partial charge < -0.3 is 4.74 Å². The van der Waals surface area contributed by atoms with Crippen LogP contribution < -0.4 is 0 Å². The molecule has 0 saturated carbocycles. The van der Waals surface area contributed by atoms with E-state index in [1.54, 1.807) is 6.08 Å². The molecule has 0 saturated heterocycles.